The van der Waals surface area contributed by atoms with Crippen LogP contribution in [0.15, 0.2) is 21.3 Å². The molecule has 0 bridgehead atoms. The van der Waals surface area contributed by atoms with E-state index in [1.54, 1.807) is 0 Å². The third-order valence-corrected chi connectivity index (χ3v) is 4.45. The predicted molar refractivity (Wildman–Crippen MR) is 85.3 cm³/mol. The number of phenolic OH excluding ortho intramolecular Hbond substituents is 1. The Balaban J connectivity index is 2.31. The first-order chi connectivity index (χ1) is 10.5. The molecule has 1 atom stereocenters. The van der Waals surface area contributed by atoms with Crippen LogP contribution in [0.1, 0.15) is 35.7 Å². The Kier molecular flexibility index (Phi) is 3.95. The Morgan fingerprint density at radius 3 is 2.82 bits per heavy atom. The molecule has 3 rings (SSSR count). The minimum absolute atomic E-state index is 0.155. The van der Waals surface area contributed by atoms with Gasteiger partial charge in [-0.05, 0) is 12.0 Å². The molecule has 1 aliphatic rings. The second-order valence-electron chi connectivity index (χ2n) is 5.33. The van der Waals surface area contributed by atoms with Gasteiger partial charge in [-0.15, -0.1) is 0 Å². The summed E-state index contributed by atoms with van der Waals surface area (Å²) in [6, 6.07) is 2.89. The van der Waals surface area contributed by atoms with Crippen molar-refractivity contribution in [2.24, 2.45) is 0 Å². The normalized spacial score (nSPS) is 17.4. The van der Waals surface area contributed by atoms with Crippen molar-refractivity contribution in [2.75, 3.05) is 5.33 Å². The lowest BCUT2D eigenvalue weighted by Gasteiger charge is -2.25. The van der Waals surface area contributed by atoms with E-state index in [1.165, 1.54) is 12.1 Å². The topological polar surface area (TPSA) is 76.7 Å². The molecule has 6 heteroatoms. The molecule has 116 valence electrons. The summed E-state index contributed by atoms with van der Waals surface area (Å²) < 4.78 is 10.9. The van der Waals surface area contributed by atoms with Gasteiger partial charge in [-0.1, -0.05) is 29.3 Å². The largest absolute Gasteiger partial charge is 0.506 e. The molecule has 0 aliphatic carbocycles. The molecular formula is C16H15BrO5. The van der Waals surface area contributed by atoms with Gasteiger partial charge in [0.25, 0.3) is 0 Å². The molecule has 1 unspecified atom stereocenters. The maximum atomic E-state index is 12.3. The molecule has 2 heterocycles. The van der Waals surface area contributed by atoms with Crippen LogP contribution in [0.5, 0.6) is 11.5 Å². The molecule has 0 saturated heterocycles. The molecule has 1 aromatic carbocycles. The zero-order valence-electron chi connectivity index (χ0n) is 12.0. The number of alkyl halides is 1. The van der Waals surface area contributed by atoms with Crippen LogP contribution in [0.25, 0.3) is 11.0 Å². The van der Waals surface area contributed by atoms with Crippen LogP contribution in [0, 0.1) is 0 Å². The van der Waals surface area contributed by atoms with Crippen LogP contribution in [-0.4, -0.2) is 22.3 Å². The molecule has 1 N–H and O–H groups in total. The van der Waals surface area contributed by atoms with E-state index < -0.39 is 5.63 Å². The van der Waals surface area contributed by atoms with E-state index in [-0.39, 0.29) is 41.0 Å². The number of carbonyl (C=O) groups is 1. The minimum atomic E-state index is -0.477. The van der Waals surface area contributed by atoms with Crippen molar-refractivity contribution in [3.05, 3.63) is 33.7 Å². The lowest BCUT2D eigenvalue weighted by atomic mass is 9.95. The van der Waals surface area contributed by atoms with E-state index in [2.05, 4.69) is 15.9 Å². The van der Waals surface area contributed by atoms with Crippen LogP contribution in [0.3, 0.4) is 0 Å². The Morgan fingerprint density at radius 2 is 2.14 bits per heavy atom. The Hall–Kier alpha value is -1.82. The second kappa shape index (κ2) is 5.76. The molecule has 0 amide bonds. The molecule has 0 radical (unpaired) electrons. The lowest BCUT2D eigenvalue weighted by Crippen LogP contribution is -2.28. The summed E-state index contributed by atoms with van der Waals surface area (Å²) in [5, 5.41) is 11.5. The van der Waals surface area contributed by atoms with Crippen LogP contribution < -0.4 is 10.4 Å². The summed E-state index contributed by atoms with van der Waals surface area (Å²) in [7, 11) is 0. The number of ether oxygens (including phenoxy) is 1. The van der Waals surface area contributed by atoms with Gasteiger partial charge in [0.1, 0.15) is 28.7 Å². The molecule has 1 aliphatic heterocycles. The standard InChI is InChI=1S/C16H15BrO5/c1-2-3-8-4-13(19)22-11-6-12-15(16(20)14(8)11)10(18)5-9(7-17)21-12/h4,6,9,20H,2-3,5,7H2,1H3. The number of benzene rings is 1. The first kappa shape index (κ1) is 15.1. The number of Topliss-reactive ketones (excluding diaryl/α,β-unsaturated/α-hetero) is 1. The number of carbonyl (C=O) groups excluding carboxylic acids is 1. The quantitative estimate of drug-likeness (QED) is 0.666. The number of ketones is 1. The van der Waals surface area contributed by atoms with E-state index in [0.717, 1.165) is 6.42 Å². The SMILES string of the molecule is CCCc1cc(=O)oc2cc3c(c(O)c12)C(=O)CC(CBr)O3. The van der Waals surface area contributed by atoms with Crippen molar-refractivity contribution in [3.8, 4) is 11.5 Å². The van der Waals surface area contributed by atoms with Gasteiger partial charge in [-0.3, -0.25) is 4.79 Å². The highest BCUT2D eigenvalue weighted by Crippen LogP contribution is 2.41. The molecule has 0 saturated carbocycles. The first-order valence-electron chi connectivity index (χ1n) is 7.13. The van der Waals surface area contributed by atoms with E-state index >= 15 is 0 Å². The highest BCUT2D eigenvalue weighted by Gasteiger charge is 2.31. The molecule has 1 aromatic heterocycles. The van der Waals surface area contributed by atoms with Gasteiger partial charge in [-0.2, -0.15) is 0 Å². The van der Waals surface area contributed by atoms with Crippen molar-refractivity contribution in [1.82, 2.24) is 0 Å². The summed E-state index contributed by atoms with van der Waals surface area (Å²) in [4.78, 5) is 24.0. The van der Waals surface area contributed by atoms with Crippen LogP contribution in [-0.2, 0) is 6.42 Å². The number of aromatic hydroxyl groups is 1. The number of fused-ring (bicyclic) bond motifs is 2. The monoisotopic (exact) mass is 366 g/mol. The molecule has 22 heavy (non-hydrogen) atoms. The summed E-state index contributed by atoms with van der Waals surface area (Å²) in [6.45, 7) is 1.98. The van der Waals surface area contributed by atoms with Gasteiger partial charge in [0.05, 0.1) is 5.39 Å². The summed E-state index contributed by atoms with van der Waals surface area (Å²) in [5.41, 5.74) is 0.630. The fourth-order valence-electron chi connectivity index (χ4n) is 2.81. The number of aryl methyl sites for hydroxylation is 1. The molecule has 0 spiro atoms. The Morgan fingerprint density at radius 1 is 1.36 bits per heavy atom. The van der Waals surface area contributed by atoms with Crippen molar-refractivity contribution < 1.29 is 19.1 Å². The van der Waals surface area contributed by atoms with E-state index in [9.17, 15) is 14.7 Å². The highest BCUT2D eigenvalue weighted by molar-refractivity contribution is 9.09. The van der Waals surface area contributed by atoms with Crippen molar-refractivity contribution in [3.63, 3.8) is 0 Å². The van der Waals surface area contributed by atoms with Crippen LogP contribution >= 0.6 is 15.9 Å². The average molecular weight is 367 g/mol. The summed E-state index contributed by atoms with van der Waals surface area (Å²) in [5.74, 6) is -0.0565. The number of rotatable bonds is 3. The maximum Gasteiger partial charge on any atom is 0.336 e. The fraction of sp³-hybridized carbons (Fsp3) is 0.375. The third kappa shape index (κ3) is 2.41. The Bertz CT molecular complexity index is 808. The van der Waals surface area contributed by atoms with Crippen LogP contribution in [0.2, 0.25) is 0 Å². The second-order valence-corrected chi connectivity index (χ2v) is 5.98. The van der Waals surface area contributed by atoms with Gasteiger partial charge >= 0.3 is 5.63 Å². The molecule has 2 aromatic rings. The minimum Gasteiger partial charge on any atom is -0.506 e. The number of phenols is 1. The first-order valence-corrected chi connectivity index (χ1v) is 8.25. The number of hydrogen-bond donors (Lipinski definition) is 1. The molecule has 5 nitrogen and oxygen atoms in total. The lowest BCUT2D eigenvalue weighted by molar-refractivity contribution is 0.0872. The number of hydrogen-bond acceptors (Lipinski definition) is 5. The summed E-state index contributed by atoms with van der Waals surface area (Å²) in [6.07, 6.45) is 1.35. The van der Waals surface area contributed by atoms with Gasteiger partial charge in [0.15, 0.2) is 5.78 Å². The van der Waals surface area contributed by atoms with Crippen LogP contribution in [0.4, 0.5) is 0 Å². The maximum absolute atomic E-state index is 12.3. The van der Waals surface area contributed by atoms with Gasteiger partial charge in [0, 0.05) is 23.9 Å². The van der Waals surface area contributed by atoms with Gasteiger partial charge < -0.3 is 14.3 Å². The average Bonchev–Trinajstić information content (AvgIpc) is 2.46. The van der Waals surface area contributed by atoms with Gasteiger partial charge in [-0.25, -0.2) is 4.79 Å². The Labute approximate surface area is 135 Å². The zero-order valence-corrected chi connectivity index (χ0v) is 13.6. The highest BCUT2D eigenvalue weighted by atomic mass is 79.9. The predicted octanol–water partition coefficient (Wildman–Crippen LogP) is 3.18. The number of halogens is 1. The molecular weight excluding hydrogens is 352 g/mol. The summed E-state index contributed by atoms with van der Waals surface area (Å²) >= 11 is 3.29. The third-order valence-electron chi connectivity index (χ3n) is 3.73. The zero-order chi connectivity index (χ0) is 15.9. The van der Waals surface area contributed by atoms with Gasteiger partial charge in [0.2, 0.25) is 0 Å². The smallest absolute Gasteiger partial charge is 0.336 e. The van der Waals surface area contributed by atoms with E-state index in [4.69, 9.17) is 9.15 Å². The van der Waals surface area contributed by atoms with E-state index in [1.807, 2.05) is 6.92 Å². The van der Waals surface area contributed by atoms with E-state index in [0.29, 0.717) is 22.7 Å². The van der Waals surface area contributed by atoms with Crippen molar-refractivity contribution >= 4 is 32.7 Å². The fourth-order valence-corrected chi connectivity index (χ4v) is 3.17. The van der Waals surface area contributed by atoms with Crippen molar-refractivity contribution in [1.29, 1.82) is 0 Å². The van der Waals surface area contributed by atoms with Crippen molar-refractivity contribution in [2.45, 2.75) is 32.3 Å². The molecule has 0 fully saturated rings.